The van der Waals surface area contributed by atoms with E-state index in [-0.39, 0.29) is 0 Å². The van der Waals surface area contributed by atoms with Gasteiger partial charge < -0.3 is 5.11 Å². The average Bonchev–Trinajstić information content (AvgIpc) is 2.16. The summed E-state index contributed by atoms with van der Waals surface area (Å²) in [6.45, 7) is 2.96. The van der Waals surface area contributed by atoms with Gasteiger partial charge in [-0.05, 0) is 62.2 Å². The van der Waals surface area contributed by atoms with Gasteiger partial charge in [-0.2, -0.15) is 0 Å². The molecule has 2 nitrogen and oxygen atoms in total. The van der Waals surface area contributed by atoms with E-state index < -0.39 is 5.97 Å². The first-order chi connectivity index (χ1) is 7.17. The summed E-state index contributed by atoms with van der Waals surface area (Å²) < 4.78 is 0. The summed E-state index contributed by atoms with van der Waals surface area (Å²) in [6, 6.07) is 0. The fraction of sp³-hybridized carbons (Fsp3) is 0.769. The molecule has 0 aliphatic heterocycles. The summed E-state index contributed by atoms with van der Waals surface area (Å²) in [7, 11) is 0. The van der Waals surface area contributed by atoms with Crippen molar-refractivity contribution in [2.75, 3.05) is 0 Å². The maximum atomic E-state index is 9.25. The predicted molar refractivity (Wildman–Crippen MR) is 59.5 cm³/mol. The summed E-state index contributed by atoms with van der Waals surface area (Å²) in [5, 5.41) is 7.60. The Kier molecular flexibility index (Phi) is 3.13. The SMILES string of the molecule is C1C2CC3CC1CC(C2)C3.C=CC(=O)O. The first-order valence-corrected chi connectivity index (χ1v) is 6.02. The van der Waals surface area contributed by atoms with Crippen LogP contribution in [0.2, 0.25) is 0 Å². The Bertz CT molecular complexity index is 201. The number of hydrogen-bond donors (Lipinski definition) is 1. The van der Waals surface area contributed by atoms with Crippen molar-refractivity contribution in [1.82, 2.24) is 0 Å². The highest BCUT2D eigenvalue weighted by molar-refractivity contribution is 5.78. The van der Waals surface area contributed by atoms with Crippen LogP contribution < -0.4 is 0 Å². The lowest BCUT2D eigenvalue weighted by Gasteiger charge is -2.49. The zero-order chi connectivity index (χ0) is 10.8. The molecule has 0 aromatic heterocycles. The molecule has 0 radical (unpaired) electrons. The molecule has 0 saturated heterocycles. The van der Waals surface area contributed by atoms with Gasteiger partial charge >= 0.3 is 5.97 Å². The van der Waals surface area contributed by atoms with Gasteiger partial charge in [0.1, 0.15) is 0 Å². The number of carboxylic acids is 1. The molecule has 4 rings (SSSR count). The molecule has 4 bridgehead atoms. The fourth-order valence-corrected chi connectivity index (χ4v) is 3.98. The quantitative estimate of drug-likeness (QED) is 0.672. The molecule has 0 aromatic carbocycles. The van der Waals surface area contributed by atoms with Crippen molar-refractivity contribution >= 4 is 5.97 Å². The van der Waals surface area contributed by atoms with Crippen molar-refractivity contribution in [3.8, 4) is 0 Å². The Labute approximate surface area is 91.4 Å². The molecular formula is C13H20O2. The third-order valence-corrected chi connectivity index (χ3v) is 4.17. The fourth-order valence-electron chi connectivity index (χ4n) is 3.98. The monoisotopic (exact) mass is 208 g/mol. The Balaban J connectivity index is 0.000000149. The molecule has 2 heteroatoms. The second-order valence-corrected chi connectivity index (χ2v) is 5.42. The van der Waals surface area contributed by atoms with Gasteiger partial charge in [0.25, 0.3) is 0 Å². The minimum absolute atomic E-state index is 0.833. The lowest BCUT2D eigenvalue weighted by molar-refractivity contribution is -0.131. The van der Waals surface area contributed by atoms with Crippen LogP contribution in [0.25, 0.3) is 0 Å². The molecule has 4 aliphatic rings. The third kappa shape index (κ3) is 2.61. The summed E-state index contributed by atoms with van der Waals surface area (Å²) in [5.41, 5.74) is 0. The number of carbonyl (C=O) groups is 1. The molecular weight excluding hydrogens is 188 g/mol. The number of carboxylic acid groups (broad SMARTS) is 1. The van der Waals surface area contributed by atoms with E-state index in [0.29, 0.717) is 0 Å². The summed E-state index contributed by atoms with van der Waals surface area (Å²) in [4.78, 5) is 9.25. The number of aliphatic carboxylic acids is 1. The van der Waals surface area contributed by atoms with E-state index in [1.807, 2.05) is 0 Å². The third-order valence-electron chi connectivity index (χ3n) is 4.17. The van der Waals surface area contributed by atoms with E-state index in [1.54, 1.807) is 38.5 Å². The van der Waals surface area contributed by atoms with Crippen molar-refractivity contribution in [3.05, 3.63) is 12.7 Å². The van der Waals surface area contributed by atoms with Crippen LogP contribution in [0, 0.1) is 23.7 Å². The lowest BCUT2D eigenvalue weighted by atomic mass is 9.56. The van der Waals surface area contributed by atoms with Crippen LogP contribution in [-0.4, -0.2) is 11.1 Å². The van der Waals surface area contributed by atoms with Crippen LogP contribution in [0.1, 0.15) is 38.5 Å². The van der Waals surface area contributed by atoms with E-state index in [0.717, 1.165) is 6.08 Å². The molecule has 0 amide bonds. The van der Waals surface area contributed by atoms with Gasteiger partial charge in [-0.1, -0.05) is 6.58 Å². The predicted octanol–water partition coefficient (Wildman–Crippen LogP) is 3.09. The molecule has 4 fully saturated rings. The van der Waals surface area contributed by atoms with Crippen molar-refractivity contribution in [1.29, 1.82) is 0 Å². The minimum Gasteiger partial charge on any atom is -0.478 e. The number of hydrogen-bond acceptors (Lipinski definition) is 1. The maximum absolute atomic E-state index is 9.25. The first kappa shape index (κ1) is 10.7. The van der Waals surface area contributed by atoms with Crippen molar-refractivity contribution in [2.45, 2.75) is 38.5 Å². The van der Waals surface area contributed by atoms with Gasteiger partial charge in [-0.15, -0.1) is 0 Å². The molecule has 0 atom stereocenters. The molecule has 0 unspecified atom stereocenters. The Morgan fingerprint density at radius 2 is 1.13 bits per heavy atom. The van der Waals surface area contributed by atoms with Gasteiger partial charge in [0.15, 0.2) is 0 Å². The topological polar surface area (TPSA) is 37.3 Å². The highest BCUT2D eigenvalue weighted by Gasteiger charge is 2.41. The molecule has 4 aliphatic carbocycles. The second-order valence-electron chi connectivity index (χ2n) is 5.42. The van der Waals surface area contributed by atoms with Gasteiger partial charge in [0.05, 0.1) is 0 Å². The van der Waals surface area contributed by atoms with Crippen molar-refractivity contribution in [3.63, 3.8) is 0 Å². The Morgan fingerprint density at radius 1 is 0.933 bits per heavy atom. The van der Waals surface area contributed by atoms with Crippen LogP contribution in [0.4, 0.5) is 0 Å². The Morgan fingerprint density at radius 3 is 1.27 bits per heavy atom. The zero-order valence-electron chi connectivity index (χ0n) is 9.19. The molecule has 0 spiro atoms. The van der Waals surface area contributed by atoms with Gasteiger partial charge in [0.2, 0.25) is 0 Å². The van der Waals surface area contributed by atoms with Crippen LogP contribution in [0.5, 0.6) is 0 Å². The van der Waals surface area contributed by atoms with Crippen molar-refractivity contribution < 1.29 is 9.90 Å². The molecule has 0 aromatic rings. The normalized spacial score (nSPS) is 40.5. The summed E-state index contributed by atoms with van der Waals surface area (Å²) in [5.74, 6) is 3.73. The number of rotatable bonds is 1. The summed E-state index contributed by atoms with van der Waals surface area (Å²) in [6.07, 6.45) is 10.5. The molecule has 1 N–H and O–H groups in total. The largest absolute Gasteiger partial charge is 0.478 e. The Hall–Kier alpha value is -0.790. The standard InChI is InChI=1S/C10H16.C3H4O2/c1-7-2-9-4-8(1)5-10(3-7)6-9;1-2-3(4)5/h7-10H,1-6H2;2H,1H2,(H,4,5). The highest BCUT2D eigenvalue weighted by Crippen LogP contribution is 2.53. The van der Waals surface area contributed by atoms with Gasteiger partial charge in [0, 0.05) is 6.08 Å². The van der Waals surface area contributed by atoms with E-state index >= 15 is 0 Å². The maximum Gasteiger partial charge on any atom is 0.327 e. The van der Waals surface area contributed by atoms with Crippen molar-refractivity contribution in [2.24, 2.45) is 23.7 Å². The van der Waals surface area contributed by atoms with Crippen LogP contribution >= 0.6 is 0 Å². The highest BCUT2D eigenvalue weighted by atomic mass is 16.4. The van der Waals surface area contributed by atoms with Gasteiger partial charge in [-0.25, -0.2) is 4.79 Å². The van der Waals surface area contributed by atoms with Crippen LogP contribution in [0.3, 0.4) is 0 Å². The smallest absolute Gasteiger partial charge is 0.327 e. The first-order valence-electron chi connectivity index (χ1n) is 6.02. The molecule has 0 heterocycles. The van der Waals surface area contributed by atoms with E-state index in [2.05, 4.69) is 6.58 Å². The van der Waals surface area contributed by atoms with E-state index in [9.17, 15) is 4.79 Å². The zero-order valence-corrected chi connectivity index (χ0v) is 9.19. The van der Waals surface area contributed by atoms with Crippen LogP contribution in [0.15, 0.2) is 12.7 Å². The van der Waals surface area contributed by atoms with E-state index in [4.69, 9.17) is 5.11 Å². The van der Waals surface area contributed by atoms with E-state index in [1.165, 1.54) is 23.7 Å². The molecule has 84 valence electrons. The average molecular weight is 208 g/mol. The summed E-state index contributed by atoms with van der Waals surface area (Å²) >= 11 is 0. The second kappa shape index (κ2) is 4.38. The molecule has 4 saturated carbocycles. The van der Waals surface area contributed by atoms with Gasteiger partial charge in [-0.3, -0.25) is 0 Å². The minimum atomic E-state index is -0.981. The lowest BCUT2D eigenvalue weighted by Crippen LogP contribution is -2.38. The molecule has 15 heavy (non-hydrogen) atoms. The van der Waals surface area contributed by atoms with Crippen LogP contribution in [-0.2, 0) is 4.79 Å².